The molecule has 1 atom stereocenters. The lowest BCUT2D eigenvalue weighted by atomic mass is 9.92. The maximum absolute atomic E-state index is 11.7. The van der Waals surface area contributed by atoms with Gasteiger partial charge >= 0.3 is 6.03 Å². The van der Waals surface area contributed by atoms with Crippen molar-refractivity contribution in [3.63, 3.8) is 0 Å². The SMILES string of the molecule is O=C(NCC[C@H](O)C1CCOCC1)NC1CCCCC1. The van der Waals surface area contributed by atoms with Crippen LogP contribution in [-0.4, -0.2) is 43.0 Å². The molecule has 1 saturated heterocycles. The summed E-state index contributed by atoms with van der Waals surface area (Å²) in [5.74, 6) is 0.326. The second-order valence-electron chi connectivity index (χ2n) is 6.04. The van der Waals surface area contributed by atoms with E-state index in [2.05, 4.69) is 10.6 Å². The number of rotatable bonds is 5. The lowest BCUT2D eigenvalue weighted by molar-refractivity contribution is 0.00545. The Morgan fingerprint density at radius 3 is 2.55 bits per heavy atom. The molecule has 5 nitrogen and oxygen atoms in total. The van der Waals surface area contributed by atoms with E-state index in [0.717, 1.165) is 38.9 Å². The lowest BCUT2D eigenvalue weighted by Gasteiger charge is -2.27. The Bertz CT molecular complexity index is 287. The number of ether oxygens (including phenoxy) is 1. The number of amides is 2. The molecule has 1 heterocycles. The van der Waals surface area contributed by atoms with Crippen molar-refractivity contribution in [2.24, 2.45) is 5.92 Å². The van der Waals surface area contributed by atoms with Crippen LogP contribution in [0, 0.1) is 5.92 Å². The molecule has 1 saturated carbocycles. The minimum absolute atomic E-state index is 0.0870. The van der Waals surface area contributed by atoms with Gasteiger partial charge in [-0.25, -0.2) is 4.79 Å². The van der Waals surface area contributed by atoms with Gasteiger partial charge in [-0.15, -0.1) is 0 Å². The normalized spacial score (nSPS) is 23.2. The van der Waals surface area contributed by atoms with Crippen molar-refractivity contribution >= 4 is 6.03 Å². The maximum Gasteiger partial charge on any atom is 0.315 e. The first-order chi connectivity index (χ1) is 9.75. The number of hydrogen-bond acceptors (Lipinski definition) is 3. The van der Waals surface area contributed by atoms with E-state index in [1.54, 1.807) is 0 Å². The highest BCUT2D eigenvalue weighted by Gasteiger charge is 2.22. The van der Waals surface area contributed by atoms with Crippen LogP contribution in [0.2, 0.25) is 0 Å². The molecule has 0 bridgehead atoms. The van der Waals surface area contributed by atoms with Gasteiger partial charge in [0, 0.05) is 25.8 Å². The van der Waals surface area contributed by atoms with Gasteiger partial charge in [0.15, 0.2) is 0 Å². The van der Waals surface area contributed by atoms with Crippen molar-refractivity contribution in [1.29, 1.82) is 0 Å². The van der Waals surface area contributed by atoms with E-state index in [9.17, 15) is 9.90 Å². The minimum Gasteiger partial charge on any atom is -0.393 e. The Kier molecular flexibility index (Phi) is 6.60. The molecule has 0 spiro atoms. The molecule has 116 valence electrons. The first kappa shape index (κ1) is 15.6. The largest absolute Gasteiger partial charge is 0.393 e. The van der Waals surface area contributed by atoms with Crippen LogP contribution in [0.1, 0.15) is 51.4 Å². The summed E-state index contributed by atoms with van der Waals surface area (Å²) in [6, 6.07) is 0.250. The fourth-order valence-electron chi connectivity index (χ4n) is 3.15. The zero-order chi connectivity index (χ0) is 14.2. The van der Waals surface area contributed by atoms with Gasteiger partial charge < -0.3 is 20.5 Å². The molecule has 2 rings (SSSR count). The maximum atomic E-state index is 11.7. The molecule has 0 unspecified atom stereocenters. The third-order valence-corrected chi connectivity index (χ3v) is 4.48. The van der Waals surface area contributed by atoms with Crippen LogP contribution in [0.5, 0.6) is 0 Å². The van der Waals surface area contributed by atoms with Gasteiger partial charge in [0.25, 0.3) is 0 Å². The highest BCUT2D eigenvalue weighted by atomic mass is 16.5. The lowest BCUT2D eigenvalue weighted by Crippen LogP contribution is -2.44. The van der Waals surface area contributed by atoms with Crippen LogP contribution in [0.3, 0.4) is 0 Å². The van der Waals surface area contributed by atoms with Crippen molar-refractivity contribution in [1.82, 2.24) is 10.6 Å². The van der Waals surface area contributed by atoms with Gasteiger partial charge in [-0.2, -0.15) is 0 Å². The van der Waals surface area contributed by atoms with Gasteiger partial charge in [-0.1, -0.05) is 19.3 Å². The Morgan fingerprint density at radius 2 is 1.85 bits per heavy atom. The molecule has 1 aliphatic heterocycles. The highest BCUT2D eigenvalue weighted by Crippen LogP contribution is 2.20. The molecule has 2 fully saturated rings. The fraction of sp³-hybridized carbons (Fsp3) is 0.933. The van der Waals surface area contributed by atoms with Gasteiger partial charge in [0.05, 0.1) is 6.10 Å². The van der Waals surface area contributed by atoms with Crippen LogP contribution in [-0.2, 0) is 4.74 Å². The Labute approximate surface area is 121 Å². The second kappa shape index (κ2) is 8.47. The molecule has 2 amide bonds. The van der Waals surface area contributed by atoms with Crippen molar-refractivity contribution in [2.75, 3.05) is 19.8 Å². The van der Waals surface area contributed by atoms with Gasteiger partial charge in [-0.05, 0) is 38.0 Å². The second-order valence-corrected chi connectivity index (χ2v) is 6.04. The Morgan fingerprint density at radius 1 is 1.15 bits per heavy atom. The number of carbonyl (C=O) groups excluding carboxylic acids is 1. The minimum atomic E-state index is -0.325. The van der Waals surface area contributed by atoms with E-state index in [1.807, 2.05) is 0 Å². The van der Waals surface area contributed by atoms with E-state index in [0.29, 0.717) is 24.9 Å². The molecular formula is C15H28N2O3. The highest BCUT2D eigenvalue weighted by molar-refractivity contribution is 5.74. The van der Waals surface area contributed by atoms with Gasteiger partial charge in [0.2, 0.25) is 0 Å². The van der Waals surface area contributed by atoms with Crippen molar-refractivity contribution in [2.45, 2.75) is 63.5 Å². The summed E-state index contributed by atoms with van der Waals surface area (Å²) in [7, 11) is 0. The number of carbonyl (C=O) groups is 1. The topological polar surface area (TPSA) is 70.6 Å². The van der Waals surface area contributed by atoms with E-state index in [4.69, 9.17) is 4.74 Å². The molecule has 0 aromatic heterocycles. The summed E-state index contributed by atoms with van der Waals surface area (Å²) in [5.41, 5.74) is 0. The Balaban J connectivity index is 1.56. The standard InChI is InChI=1S/C15H28N2O3/c18-14(12-7-10-20-11-8-12)6-9-16-15(19)17-13-4-2-1-3-5-13/h12-14,18H,1-11H2,(H2,16,17,19)/t14-/m0/s1. The fourth-order valence-corrected chi connectivity index (χ4v) is 3.15. The third kappa shape index (κ3) is 5.29. The third-order valence-electron chi connectivity index (χ3n) is 4.48. The van der Waals surface area contributed by atoms with Gasteiger partial charge in [-0.3, -0.25) is 0 Å². The molecule has 3 N–H and O–H groups in total. The first-order valence-electron chi connectivity index (χ1n) is 8.06. The molecule has 0 aromatic rings. The zero-order valence-corrected chi connectivity index (χ0v) is 12.3. The van der Waals surface area contributed by atoms with Crippen LogP contribution < -0.4 is 10.6 Å². The number of nitrogens with one attached hydrogen (secondary N) is 2. The number of urea groups is 1. The van der Waals surface area contributed by atoms with E-state index in [1.165, 1.54) is 19.3 Å². The Hall–Kier alpha value is -0.810. The molecule has 0 aromatic carbocycles. The smallest absolute Gasteiger partial charge is 0.315 e. The molecule has 20 heavy (non-hydrogen) atoms. The monoisotopic (exact) mass is 284 g/mol. The van der Waals surface area contributed by atoms with Crippen molar-refractivity contribution in [3.8, 4) is 0 Å². The summed E-state index contributed by atoms with van der Waals surface area (Å²) in [6.07, 6.45) is 8.07. The van der Waals surface area contributed by atoms with Crippen molar-refractivity contribution < 1.29 is 14.6 Å². The average molecular weight is 284 g/mol. The number of aliphatic hydroxyl groups excluding tert-OH is 1. The number of aliphatic hydroxyl groups is 1. The van der Waals surface area contributed by atoms with Crippen LogP contribution >= 0.6 is 0 Å². The van der Waals surface area contributed by atoms with Crippen LogP contribution in [0.25, 0.3) is 0 Å². The summed E-state index contributed by atoms with van der Waals surface area (Å²) in [6.45, 7) is 2.03. The molecule has 0 radical (unpaired) electrons. The van der Waals surface area contributed by atoms with Crippen LogP contribution in [0.15, 0.2) is 0 Å². The van der Waals surface area contributed by atoms with E-state index < -0.39 is 0 Å². The summed E-state index contributed by atoms with van der Waals surface area (Å²) >= 11 is 0. The average Bonchev–Trinajstić information content (AvgIpc) is 2.49. The first-order valence-corrected chi connectivity index (χ1v) is 8.06. The number of hydrogen-bond donors (Lipinski definition) is 3. The molecule has 5 heteroatoms. The zero-order valence-electron chi connectivity index (χ0n) is 12.3. The van der Waals surface area contributed by atoms with Crippen LogP contribution in [0.4, 0.5) is 4.79 Å². The quantitative estimate of drug-likeness (QED) is 0.721. The summed E-state index contributed by atoms with van der Waals surface area (Å²) < 4.78 is 5.29. The summed E-state index contributed by atoms with van der Waals surface area (Å²) in [4.78, 5) is 11.7. The predicted octanol–water partition coefficient (Wildman–Crippen LogP) is 1.80. The predicted molar refractivity (Wildman–Crippen MR) is 77.6 cm³/mol. The van der Waals surface area contributed by atoms with E-state index in [-0.39, 0.29) is 12.1 Å². The summed E-state index contributed by atoms with van der Waals surface area (Å²) in [5, 5.41) is 16.0. The molecular weight excluding hydrogens is 256 g/mol. The van der Waals surface area contributed by atoms with Gasteiger partial charge in [0.1, 0.15) is 0 Å². The molecule has 2 aliphatic rings. The van der Waals surface area contributed by atoms with E-state index >= 15 is 0 Å². The molecule has 1 aliphatic carbocycles. The van der Waals surface area contributed by atoms with Crippen molar-refractivity contribution in [3.05, 3.63) is 0 Å².